The van der Waals surface area contributed by atoms with Crippen LogP contribution in [0.5, 0.6) is 0 Å². The van der Waals surface area contributed by atoms with Crippen molar-refractivity contribution in [3.05, 3.63) is 203 Å². The minimum atomic E-state index is 0.906. The zero-order valence-corrected chi connectivity index (χ0v) is 29.5. The van der Waals surface area contributed by atoms with Crippen molar-refractivity contribution in [1.29, 1.82) is 0 Å². The fourth-order valence-corrected chi connectivity index (χ4v) is 8.39. The number of rotatable bonds is 12. The van der Waals surface area contributed by atoms with Crippen molar-refractivity contribution < 1.29 is 8.83 Å². The Bertz CT molecular complexity index is 2240. The molecule has 2 heterocycles. The van der Waals surface area contributed by atoms with Crippen LogP contribution in [0.3, 0.4) is 0 Å². The summed E-state index contributed by atoms with van der Waals surface area (Å²) in [5.74, 6) is 0. The average Bonchev–Trinajstić information content (AvgIpc) is 3.90. The number of hydrogen-bond acceptors (Lipinski definition) is 2. The molecule has 0 atom stereocenters. The van der Waals surface area contributed by atoms with Gasteiger partial charge in [0.05, 0.1) is 12.5 Å². The van der Waals surface area contributed by atoms with E-state index in [1.807, 2.05) is 12.5 Å². The molecule has 0 radical (unpaired) electrons. The van der Waals surface area contributed by atoms with Gasteiger partial charge in [-0.05, 0) is 131 Å². The van der Waals surface area contributed by atoms with Crippen LogP contribution in [0, 0.1) is 0 Å². The molecule has 52 heavy (non-hydrogen) atoms. The van der Waals surface area contributed by atoms with Gasteiger partial charge in [-0.3, -0.25) is 0 Å². The molecule has 0 amide bonds. The summed E-state index contributed by atoms with van der Waals surface area (Å²) in [6.45, 7) is 0. The lowest BCUT2D eigenvalue weighted by atomic mass is 9.84. The van der Waals surface area contributed by atoms with Gasteiger partial charge in [-0.2, -0.15) is 0 Å². The highest BCUT2D eigenvalue weighted by atomic mass is 16.3. The van der Waals surface area contributed by atoms with E-state index >= 15 is 0 Å². The lowest BCUT2D eigenvalue weighted by molar-refractivity contribution is 0.610. The fraction of sp³-hybridized carbons (Fsp3) is 0.160. The van der Waals surface area contributed by atoms with E-state index in [1.165, 1.54) is 76.8 Å². The van der Waals surface area contributed by atoms with Crippen LogP contribution in [0.4, 0.5) is 0 Å². The van der Waals surface area contributed by atoms with Crippen molar-refractivity contribution in [2.24, 2.45) is 0 Å². The molecular weight excluding hydrogens is 633 g/mol. The highest BCUT2D eigenvalue weighted by Crippen LogP contribution is 2.42. The lowest BCUT2D eigenvalue weighted by Gasteiger charge is -2.19. The van der Waals surface area contributed by atoms with Gasteiger partial charge < -0.3 is 8.83 Å². The molecule has 254 valence electrons. The van der Waals surface area contributed by atoms with Crippen molar-refractivity contribution in [1.82, 2.24) is 0 Å². The van der Waals surface area contributed by atoms with Crippen LogP contribution in [-0.4, -0.2) is 0 Å². The molecule has 0 aliphatic heterocycles. The predicted molar refractivity (Wildman–Crippen MR) is 216 cm³/mol. The third-order valence-electron chi connectivity index (χ3n) is 11.0. The van der Waals surface area contributed by atoms with Gasteiger partial charge in [0.25, 0.3) is 0 Å². The van der Waals surface area contributed by atoms with Gasteiger partial charge in [-0.15, -0.1) is 0 Å². The topological polar surface area (TPSA) is 26.3 Å². The first kappa shape index (κ1) is 32.1. The maximum atomic E-state index is 6.44. The smallest absolute Gasteiger partial charge is 0.137 e. The molecule has 2 nitrogen and oxygen atoms in total. The Balaban J connectivity index is 1.28. The van der Waals surface area contributed by atoms with Crippen LogP contribution in [-0.2, 0) is 51.4 Å². The molecule has 9 rings (SSSR count). The number of hydrogen-bond donors (Lipinski definition) is 0. The first-order valence-corrected chi connectivity index (χ1v) is 18.7. The fourth-order valence-electron chi connectivity index (χ4n) is 8.39. The highest BCUT2D eigenvalue weighted by molar-refractivity contribution is 6.13. The van der Waals surface area contributed by atoms with Crippen LogP contribution in [0.25, 0.3) is 43.5 Å². The Morgan fingerprint density at radius 3 is 0.885 bits per heavy atom. The van der Waals surface area contributed by atoms with Crippen molar-refractivity contribution in [3.63, 3.8) is 0 Å². The molecule has 2 aromatic heterocycles. The molecule has 2 heteroatoms. The second-order valence-corrected chi connectivity index (χ2v) is 14.1. The van der Waals surface area contributed by atoms with E-state index < -0.39 is 0 Å². The maximum Gasteiger partial charge on any atom is 0.137 e. The Hall–Kier alpha value is -5.86. The van der Waals surface area contributed by atoms with Crippen LogP contribution in [0.15, 0.2) is 167 Å². The van der Waals surface area contributed by atoms with Gasteiger partial charge in [0.2, 0.25) is 0 Å². The first-order chi connectivity index (χ1) is 25.8. The summed E-state index contributed by atoms with van der Waals surface area (Å²) in [6.07, 6.45) is 11.3. The molecule has 0 N–H and O–H groups in total. The van der Waals surface area contributed by atoms with E-state index in [4.69, 9.17) is 8.83 Å². The quantitative estimate of drug-likeness (QED) is 0.121. The molecule has 0 fully saturated rings. The molecule has 0 aliphatic carbocycles. The van der Waals surface area contributed by atoms with Crippen LogP contribution in [0.2, 0.25) is 0 Å². The average molecular weight is 675 g/mol. The van der Waals surface area contributed by atoms with Crippen molar-refractivity contribution in [3.8, 4) is 0 Å². The van der Waals surface area contributed by atoms with Crippen LogP contribution >= 0.6 is 0 Å². The predicted octanol–water partition coefficient (Wildman–Crippen LogP) is 12.6. The third-order valence-corrected chi connectivity index (χ3v) is 11.0. The largest absolute Gasteiger partial charge is 0.464 e. The van der Waals surface area contributed by atoms with Gasteiger partial charge >= 0.3 is 0 Å². The Morgan fingerprint density at radius 2 is 0.558 bits per heavy atom. The second-order valence-electron chi connectivity index (χ2n) is 14.1. The first-order valence-electron chi connectivity index (χ1n) is 18.7. The molecule has 7 aromatic carbocycles. The summed E-state index contributed by atoms with van der Waals surface area (Å²) < 4.78 is 12.9. The molecule has 0 spiro atoms. The van der Waals surface area contributed by atoms with E-state index in [2.05, 4.69) is 146 Å². The van der Waals surface area contributed by atoms with Gasteiger partial charge in [0.1, 0.15) is 11.2 Å². The van der Waals surface area contributed by atoms with Gasteiger partial charge in [-0.25, -0.2) is 0 Å². The van der Waals surface area contributed by atoms with E-state index in [0.717, 1.165) is 62.5 Å². The number of benzene rings is 7. The van der Waals surface area contributed by atoms with Gasteiger partial charge in [0, 0.05) is 21.9 Å². The minimum Gasteiger partial charge on any atom is -0.464 e. The van der Waals surface area contributed by atoms with E-state index in [1.54, 1.807) is 0 Å². The van der Waals surface area contributed by atoms with Crippen molar-refractivity contribution >= 4 is 43.5 Å². The standard InChI is InChI=1S/C50H42O2/c1-5-13-35(14-6-1)21-25-39-43-29-31-51-49(43)41(27-23-37-17-9-3-10-18-37)47-34-46-40(26-22-36-15-7-2-8-16-36)44-30-32-52-50(44)42(48(46)33-45(39)47)28-24-38-19-11-4-12-20-38/h1-20,29-34H,21-28H2. The van der Waals surface area contributed by atoms with E-state index in [-0.39, 0.29) is 0 Å². The van der Waals surface area contributed by atoms with Crippen molar-refractivity contribution in [2.45, 2.75) is 51.4 Å². The molecule has 9 aromatic rings. The van der Waals surface area contributed by atoms with Crippen molar-refractivity contribution in [2.75, 3.05) is 0 Å². The monoisotopic (exact) mass is 674 g/mol. The minimum absolute atomic E-state index is 0.906. The normalized spacial score (nSPS) is 11.7. The maximum absolute atomic E-state index is 6.44. The summed E-state index contributed by atoms with van der Waals surface area (Å²) in [7, 11) is 0. The Morgan fingerprint density at radius 1 is 0.269 bits per heavy atom. The molecule has 0 saturated carbocycles. The third kappa shape index (κ3) is 6.31. The summed E-state index contributed by atoms with van der Waals surface area (Å²) in [5, 5.41) is 7.76. The summed E-state index contributed by atoms with van der Waals surface area (Å²) >= 11 is 0. The molecular formula is C50H42O2. The Kier molecular flexibility index (Phi) is 8.88. The molecule has 0 unspecified atom stereocenters. The number of fused-ring (bicyclic) bond motifs is 4. The van der Waals surface area contributed by atoms with Crippen LogP contribution in [0.1, 0.15) is 44.5 Å². The van der Waals surface area contributed by atoms with E-state index in [0.29, 0.717) is 0 Å². The zero-order valence-electron chi connectivity index (χ0n) is 29.5. The van der Waals surface area contributed by atoms with Gasteiger partial charge in [-0.1, -0.05) is 121 Å². The number of aryl methyl sites for hydroxylation is 8. The number of furan rings is 2. The van der Waals surface area contributed by atoms with E-state index in [9.17, 15) is 0 Å². The SMILES string of the molecule is c1ccc(CCc2c3cc4c(CCc5ccccc5)c5occc5c(CCc5ccccc5)c4cc3c(CCc3ccccc3)c3occc23)cc1. The van der Waals surface area contributed by atoms with Crippen LogP contribution < -0.4 is 0 Å². The second kappa shape index (κ2) is 14.4. The molecule has 0 aliphatic rings. The molecule has 0 saturated heterocycles. The lowest BCUT2D eigenvalue weighted by Crippen LogP contribution is -2.02. The van der Waals surface area contributed by atoms with Gasteiger partial charge in [0.15, 0.2) is 0 Å². The summed E-state index contributed by atoms with van der Waals surface area (Å²) in [6, 6.07) is 52.9. The Labute approximate surface area is 305 Å². The zero-order chi connectivity index (χ0) is 34.7. The highest BCUT2D eigenvalue weighted by Gasteiger charge is 2.22. The summed E-state index contributed by atoms with van der Waals surface area (Å²) in [4.78, 5) is 0. The summed E-state index contributed by atoms with van der Waals surface area (Å²) in [5.41, 5.74) is 12.8. The molecule has 0 bridgehead atoms.